The minimum atomic E-state index is -3.67. The first-order chi connectivity index (χ1) is 11.7. The van der Waals surface area contributed by atoms with E-state index in [0.717, 1.165) is 4.31 Å². The zero-order valence-corrected chi connectivity index (χ0v) is 15.2. The number of sulfonamides is 1. The number of carbonyl (C=O) groups excluding carboxylic acids is 2. The number of nitrogens with zero attached hydrogens (tertiary/aromatic N) is 1. The van der Waals surface area contributed by atoms with Crippen molar-refractivity contribution in [2.24, 2.45) is 0 Å². The van der Waals surface area contributed by atoms with E-state index >= 15 is 0 Å². The molecule has 6 nitrogen and oxygen atoms in total. The molecule has 0 aliphatic heterocycles. The highest BCUT2D eigenvalue weighted by Crippen LogP contribution is 2.17. The molecule has 0 N–H and O–H groups in total. The van der Waals surface area contributed by atoms with Crippen LogP contribution in [-0.4, -0.2) is 45.2 Å². The van der Waals surface area contributed by atoms with E-state index in [2.05, 4.69) is 0 Å². The minimum absolute atomic E-state index is 0.0369. The van der Waals surface area contributed by atoms with Crippen LogP contribution in [0.5, 0.6) is 0 Å². The van der Waals surface area contributed by atoms with Gasteiger partial charge in [0.1, 0.15) is 0 Å². The summed E-state index contributed by atoms with van der Waals surface area (Å²) in [5.41, 5.74) is 0.288. The van der Waals surface area contributed by atoms with Crippen LogP contribution in [0.25, 0.3) is 0 Å². The molecule has 0 aliphatic carbocycles. The lowest BCUT2D eigenvalue weighted by atomic mass is 10.1. The second-order valence-electron chi connectivity index (χ2n) is 5.29. The molecule has 2 aromatic rings. The number of hydrogen-bond acceptors (Lipinski definition) is 5. The molecule has 0 aromatic heterocycles. The van der Waals surface area contributed by atoms with E-state index in [1.165, 1.54) is 44.4 Å². The van der Waals surface area contributed by atoms with Crippen molar-refractivity contribution in [3.63, 3.8) is 0 Å². The van der Waals surface area contributed by atoms with Crippen LogP contribution in [0.1, 0.15) is 20.7 Å². The van der Waals surface area contributed by atoms with Crippen LogP contribution in [0.3, 0.4) is 0 Å². The number of Topliss-reactive ketones (excluding diaryl/α,β-unsaturated/α-hetero) is 1. The molecule has 2 rings (SSSR count). The highest BCUT2D eigenvalue weighted by molar-refractivity contribution is 7.89. The fourth-order valence-corrected chi connectivity index (χ4v) is 3.16. The Labute approximate surface area is 151 Å². The van der Waals surface area contributed by atoms with Gasteiger partial charge in [0.05, 0.1) is 15.5 Å². The van der Waals surface area contributed by atoms with Crippen molar-refractivity contribution < 1.29 is 22.7 Å². The summed E-state index contributed by atoms with van der Waals surface area (Å²) >= 11 is 5.92. The van der Waals surface area contributed by atoms with Crippen molar-refractivity contribution in [3.05, 3.63) is 64.7 Å². The van der Waals surface area contributed by atoms with Gasteiger partial charge in [-0.3, -0.25) is 4.79 Å². The zero-order valence-electron chi connectivity index (χ0n) is 13.6. The Morgan fingerprint density at radius 3 is 2.40 bits per heavy atom. The molecular formula is C17H16ClNO5S. The van der Waals surface area contributed by atoms with Crippen molar-refractivity contribution >= 4 is 33.4 Å². The molecule has 0 saturated carbocycles. The van der Waals surface area contributed by atoms with E-state index in [9.17, 15) is 18.0 Å². The quantitative estimate of drug-likeness (QED) is 0.567. The predicted molar refractivity (Wildman–Crippen MR) is 93.4 cm³/mol. The maximum absolute atomic E-state index is 12.1. The van der Waals surface area contributed by atoms with E-state index in [1.54, 1.807) is 18.2 Å². The molecule has 0 radical (unpaired) electrons. The first-order valence-electron chi connectivity index (χ1n) is 7.21. The molecule has 0 unspecified atom stereocenters. The Balaban J connectivity index is 2.12. The Morgan fingerprint density at radius 2 is 1.76 bits per heavy atom. The lowest BCUT2D eigenvalue weighted by molar-refractivity contribution is 0.0474. The summed E-state index contributed by atoms with van der Waals surface area (Å²) in [5, 5.41) is 0.266. The SMILES string of the molecule is CN(C)S(=O)(=O)c1cccc(C(=O)OCC(=O)c2ccccc2Cl)c1. The topological polar surface area (TPSA) is 80.8 Å². The fraction of sp³-hybridized carbons (Fsp3) is 0.176. The molecule has 0 fully saturated rings. The summed E-state index contributed by atoms with van der Waals surface area (Å²) in [6.07, 6.45) is 0. The van der Waals surface area contributed by atoms with Gasteiger partial charge in [0.25, 0.3) is 0 Å². The Hall–Kier alpha value is -2.22. The molecule has 2 aromatic carbocycles. The van der Waals surface area contributed by atoms with Crippen LogP contribution in [0.2, 0.25) is 5.02 Å². The van der Waals surface area contributed by atoms with Crippen LogP contribution < -0.4 is 0 Å². The van der Waals surface area contributed by atoms with Crippen molar-refractivity contribution in [1.29, 1.82) is 0 Å². The minimum Gasteiger partial charge on any atom is -0.454 e. The van der Waals surface area contributed by atoms with Crippen molar-refractivity contribution in [2.45, 2.75) is 4.90 Å². The summed E-state index contributed by atoms with van der Waals surface area (Å²) in [6.45, 7) is -0.493. The Kier molecular flexibility index (Phi) is 5.94. The van der Waals surface area contributed by atoms with Gasteiger partial charge < -0.3 is 4.74 Å². The average Bonchev–Trinajstić information content (AvgIpc) is 2.59. The number of benzene rings is 2. The normalized spacial score (nSPS) is 11.4. The first-order valence-corrected chi connectivity index (χ1v) is 9.02. The van der Waals surface area contributed by atoms with Crippen LogP contribution in [0, 0.1) is 0 Å². The molecule has 0 saturated heterocycles. The summed E-state index contributed by atoms with van der Waals surface area (Å²) in [7, 11) is -0.889. The number of hydrogen-bond donors (Lipinski definition) is 0. The molecule has 25 heavy (non-hydrogen) atoms. The monoisotopic (exact) mass is 381 g/mol. The lowest BCUT2D eigenvalue weighted by Gasteiger charge is -2.12. The third kappa shape index (κ3) is 4.45. The molecule has 0 aliphatic rings. The Morgan fingerprint density at radius 1 is 1.08 bits per heavy atom. The standard InChI is InChI=1S/C17H16ClNO5S/c1-19(2)25(22,23)13-7-5-6-12(10-13)17(21)24-11-16(20)14-8-3-4-9-15(14)18/h3-10H,11H2,1-2H3. The van der Waals surface area contributed by atoms with Gasteiger partial charge in [-0.15, -0.1) is 0 Å². The molecule has 132 valence electrons. The van der Waals surface area contributed by atoms with E-state index in [1.807, 2.05) is 0 Å². The molecule has 0 bridgehead atoms. The van der Waals surface area contributed by atoms with Gasteiger partial charge in [0, 0.05) is 19.7 Å². The number of carbonyl (C=O) groups is 2. The molecular weight excluding hydrogens is 366 g/mol. The third-order valence-corrected chi connectivity index (χ3v) is 5.50. The molecule has 0 atom stereocenters. The van der Waals surface area contributed by atoms with Gasteiger partial charge in [-0.1, -0.05) is 29.8 Å². The maximum Gasteiger partial charge on any atom is 0.338 e. The highest BCUT2D eigenvalue weighted by Gasteiger charge is 2.20. The van der Waals surface area contributed by atoms with Crippen molar-refractivity contribution in [1.82, 2.24) is 4.31 Å². The second-order valence-corrected chi connectivity index (χ2v) is 7.85. The van der Waals surface area contributed by atoms with Crippen molar-refractivity contribution in [2.75, 3.05) is 20.7 Å². The maximum atomic E-state index is 12.1. The van der Waals surface area contributed by atoms with Crippen molar-refractivity contribution in [3.8, 4) is 0 Å². The summed E-state index contributed by atoms with van der Waals surface area (Å²) in [6, 6.07) is 11.9. The van der Waals surface area contributed by atoms with Gasteiger partial charge >= 0.3 is 5.97 Å². The number of ketones is 1. The third-order valence-electron chi connectivity index (χ3n) is 3.36. The molecule has 0 spiro atoms. The largest absolute Gasteiger partial charge is 0.454 e. The van der Waals surface area contributed by atoms with Crippen LogP contribution in [-0.2, 0) is 14.8 Å². The van der Waals surface area contributed by atoms with Gasteiger partial charge in [-0.25, -0.2) is 17.5 Å². The van der Waals surface area contributed by atoms with Crippen LogP contribution >= 0.6 is 11.6 Å². The Bertz CT molecular complexity index is 909. The van der Waals surface area contributed by atoms with E-state index in [-0.39, 0.29) is 21.0 Å². The average molecular weight is 382 g/mol. The van der Waals surface area contributed by atoms with Crippen LogP contribution in [0.15, 0.2) is 53.4 Å². The number of rotatable bonds is 6. The van der Waals surface area contributed by atoms with E-state index in [0.29, 0.717) is 0 Å². The van der Waals surface area contributed by atoms with Gasteiger partial charge in [-0.05, 0) is 30.3 Å². The summed E-state index contributed by atoms with van der Waals surface area (Å²) in [5.74, 6) is -1.24. The van der Waals surface area contributed by atoms with Crippen LogP contribution in [0.4, 0.5) is 0 Å². The number of halogens is 1. The summed E-state index contributed by atoms with van der Waals surface area (Å²) in [4.78, 5) is 24.1. The smallest absolute Gasteiger partial charge is 0.338 e. The molecule has 8 heteroatoms. The number of ether oxygens (including phenoxy) is 1. The van der Waals surface area contributed by atoms with Gasteiger partial charge in [0.15, 0.2) is 6.61 Å². The number of esters is 1. The molecule has 0 amide bonds. The van der Waals surface area contributed by atoms with E-state index in [4.69, 9.17) is 16.3 Å². The first kappa shape index (κ1) is 19.1. The fourth-order valence-electron chi connectivity index (χ4n) is 1.97. The van der Waals surface area contributed by atoms with Gasteiger partial charge in [-0.2, -0.15) is 0 Å². The zero-order chi connectivity index (χ0) is 18.6. The lowest BCUT2D eigenvalue weighted by Crippen LogP contribution is -2.22. The second kappa shape index (κ2) is 7.77. The molecule has 0 heterocycles. The predicted octanol–water partition coefficient (Wildman–Crippen LogP) is 2.63. The summed E-state index contributed by atoms with van der Waals surface area (Å²) < 4.78 is 30.2. The highest BCUT2D eigenvalue weighted by atomic mass is 35.5. The van der Waals surface area contributed by atoms with E-state index < -0.39 is 28.4 Å². The van der Waals surface area contributed by atoms with Gasteiger partial charge in [0.2, 0.25) is 15.8 Å².